The minimum atomic E-state index is -0.247. The second-order valence-electron chi connectivity index (χ2n) is 11.6. The molecule has 3 aromatic carbocycles. The Labute approximate surface area is 239 Å². The van der Waals surface area contributed by atoms with E-state index in [1.807, 2.05) is 60.7 Å². The number of nitrogens with one attached hydrogen (secondary N) is 1. The molecule has 0 atom stereocenters. The first-order valence-electron chi connectivity index (χ1n) is 12.9. The number of benzene rings is 3. The number of aromatic hydroxyl groups is 1. The van der Waals surface area contributed by atoms with Crippen molar-refractivity contribution in [3.8, 4) is 5.75 Å². The number of carbonyl (C=O) groups excluding carboxylic acids is 1. The number of phenolic OH excluding ortho intramolecular Hbond substituents is 1. The largest absolute Gasteiger partial charge is 0.507 e. The van der Waals surface area contributed by atoms with Gasteiger partial charge in [-0.15, -0.1) is 0 Å². The van der Waals surface area contributed by atoms with Crippen LogP contribution in [0, 0.1) is 0 Å². The Kier molecular flexibility index (Phi) is 8.42. The normalized spacial score (nSPS) is 12.4. The van der Waals surface area contributed by atoms with Crippen molar-refractivity contribution in [2.75, 3.05) is 5.75 Å². The maximum Gasteiger partial charge on any atom is 0.250 e. The molecule has 4 aromatic rings. The van der Waals surface area contributed by atoms with Gasteiger partial charge in [0.15, 0.2) is 5.16 Å². The number of hydrogen-bond acceptors (Lipinski definition) is 5. The molecule has 1 heterocycles. The highest BCUT2D eigenvalue weighted by atomic mass is 35.5. The fraction of sp³-hybridized carbons (Fsp3) is 0.323. The van der Waals surface area contributed by atoms with Gasteiger partial charge in [0.1, 0.15) is 5.75 Å². The lowest BCUT2D eigenvalue weighted by molar-refractivity contribution is -0.118. The summed E-state index contributed by atoms with van der Waals surface area (Å²) in [6, 6.07) is 19.5. The van der Waals surface area contributed by atoms with Gasteiger partial charge < -0.3 is 9.67 Å². The predicted molar refractivity (Wildman–Crippen MR) is 162 cm³/mol. The summed E-state index contributed by atoms with van der Waals surface area (Å²) in [5, 5.41) is 16.6. The number of thioether (sulfide) groups is 1. The van der Waals surface area contributed by atoms with Crippen LogP contribution in [0.3, 0.4) is 0 Å². The van der Waals surface area contributed by atoms with Gasteiger partial charge in [-0.1, -0.05) is 95.2 Å². The number of nitrogens with zero attached hydrogens (tertiary/aromatic N) is 3. The van der Waals surface area contributed by atoms with Crippen LogP contribution < -0.4 is 5.43 Å². The molecule has 0 unspecified atom stereocenters. The summed E-state index contributed by atoms with van der Waals surface area (Å²) < 4.78 is 2.08. The molecule has 39 heavy (non-hydrogen) atoms. The smallest absolute Gasteiger partial charge is 0.250 e. The average molecular weight is 563 g/mol. The van der Waals surface area contributed by atoms with Gasteiger partial charge in [-0.05, 0) is 52.3 Å². The molecular weight excluding hydrogens is 528 g/mol. The lowest BCUT2D eigenvalue weighted by Gasteiger charge is -2.27. The molecule has 0 radical (unpaired) electrons. The van der Waals surface area contributed by atoms with Crippen molar-refractivity contribution >= 4 is 46.5 Å². The molecule has 0 aliphatic heterocycles. The van der Waals surface area contributed by atoms with Crippen LogP contribution in [0.2, 0.25) is 5.02 Å². The number of fused-ring (bicyclic) bond motifs is 1. The fourth-order valence-electron chi connectivity index (χ4n) is 4.33. The monoisotopic (exact) mass is 562 g/mol. The van der Waals surface area contributed by atoms with Crippen LogP contribution in [0.1, 0.15) is 63.8 Å². The highest BCUT2D eigenvalue weighted by Crippen LogP contribution is 2.39. The SMILES string of the molecule is CC(C)(C)c1cc(C=NNC(=O)CSc2nc3ccccc3n2Cc2ccccc2Cl)cc(C(C)(C)C)c1O. The minimum Gasteiger partial charge on any atom is -0.507 e. The van der Waals surface area contributed by atoms with E-state index in [0.717, 1.165) is 38.4 Å². The fourth-order valence-corrected chi connectivity index (χ4v) is 5.33. The van der Waals surface area contributed by atoms with Crippen LogP contribution in [0.4, 0.5) is 0 Å². The van der Waals surface area contributed by atoms with Gasteiger partial charge in [0.25, 0.3) is 5.91 Å². The van der Waals surface area contributed by atoms with Gasteiger partial charge in [-0.2, -0.15) is 5.10 Å². The first-order valence-corrected chi connectivity index (χ1v) is 14.2. The number of aromatic nitrogens is 2. The third kappa shape index (κ3) is 6.84. The Bertz CT molecular complexity index is 1490. The van der Waals surface area contributed by atoms with E-state index in [1.54, 1.807) is 6.21 Å². The first-order chi connectivity index (χ1) is 18.3. The van der Waals surface area contributed by atoms with Crippen LogP contribution in [0.15, 0.2) is 70.9 Å². The topological polar surface area (TPSA) is 79.5 Å². The summed E-state index contributed by atoms with van der Waals surface area (Å²) >= 11 is 7.78. The Balaban J connectivity index is 1.49. The van der Waals surface area contributed by atoms with E-state index in [-0.39, 0.29) is 22.5 Å². The zero-order valence-electron chi connectivity index (χ0n) is 23.2. The number of imidazole rings is 1. The quantitative estimate of drug-likeness (QED) is 0.141. The van der Waals surface area contributed by atoms with E-state index in [4.69, 9.17) is 16.6 Å². The lowest BCUT2D eigenvalue weighted by atomic mass is 9.78. The third-order valence-electron chi connectivity index (χ3n) is 6.39. The number of para-hydroxylation sites is 2. The van der Waals surface area contributed by atoms with Gasteiger partial charge in [0, 0.05) is 16.1 Å². The van der Waals surface area contributed by atoms with Crippen LogP contribution in [-0.4, -0.2) is 32.5 Å². The summed E-state index contributed by atoms with van der Waals surface area (Å²) in [5.74, 6) is 0.227. The standard InChI is InChI=1S/C31H35ClN4O2S/c1-30(2,3)22-15-20(16-23(28(22)38)31(4,5)6)17-33-35-27(37)19-39-29-34-25-13-9-10-14-26(25)36(29)18-21-11-7-8-12-24(21)32/h7-17,38H,18-19H2,1-6H3,(H,35,37). The van der Waals surface area contributed by atoms with Crippen molar-refractivity contribution in [2.45, 2.75) is 64.1 Å². The minimum absolute atomic E-state index is 0.152. The summed E-state index contributed by atoms with van der Waals surface area (Å²) in [6.07, 6.45) is 1.62. The molecule has 0 saturated heterocycles. The number of rotatable bonds is 7. The van der Waals surface area contributed by atoms with Crippen molar-refractivity contribution in [3.63, 3.8) is 0 Å². The molecule has 0 bridgehead atoms. The molecule has 204 valence electrons. The Morgan fingerprint density at radius 3 is 2.28 bits per heavy atom. The number of hydrogen-bond donors (Lipinski definition) is 2. The zero-order valence-corrected chi connectivity index (χ0v) is 24.8. The number of halogens is 1. The summed E-state index contributed by atoms with van der Waals surface area (Å²) in [4.78, 5) is 17.5. The highest BCUT2D eigenvalue weighted by molar-refractivity contribution is 7.99. The van der Waals surface area contributed by atoms with E-state index >= 15 is 0 Å². The van der Waals surface area contributed by atoms with Crippen molar-refractivity contribution in [1.29, 1.82) is 0 Å². The van der Waals surface area contributed by atoms with Gasteiger partial charge in [-0.3, -0.25) is 4.79 Å². The Morgan fingerprint density at radius 1 is 1.03 bits per heavy atom. The van der Waals surface area contributed by atoms with Crippen molar-refractivity contribution in [3.05, 3.63) is 87.9 Å². The van der Waals surface area contributed by atoms with Gasteiger partial charge in [0.05, 0.1) is 29.5 Å². The molecule has 2 N–H and O–H groups in total. The number of carbonyl (C=O) groups is 1. The molecule has 8 heteroatoms. The van der Waals surface area contributed by atoms with E-state index in [9.17, 15) is 9.90 Å². The molecule has 0 spiro atoms. The zero-order chi connectivity index (χ0) is 28.4. The number of phenols is 1. The number of amides is 1. The first kappa shape index (κ1) is 28.7. The molecule has 6 nitrogen and oxygen atoms in total. The van der Waals surface area contributed by atoms with Gasteiger partial charge >= 0.3 is 0 Å². The second-order valence-corrected chi connectivity index (χ2v) is 13.0. The molecule has 0 aliphatic carbocycles. The maximum atomic E-state index is 12.7. The molecule has 4 rings (SSSR count). The molecule has 0 saturated carbocycles. The molecule has 1 amide bonds. The van der Waals surface area contributed by atoms with Crippen LogP contribution in [-0.2, 0) is 22.2 Å². The maximum absolute atomic E-state index is 12.7. The van der Waals surface area contributed by atoms with E-state index in [0.29, 0.717) is 17.3 Å². The van der Waals surface area contributed by atoms with Gasteiger partial charge in [-0.25, -0.2) is 10.4 Å². The average Bonchev–Trinajstić information content (AvgIpc) is 3.21. The van der Waals surface area contributed by atoms with Crippen LogP contribution >= 0.6 is 23.4 Å². The molecule has 0 fully saturated rings. The van der Waals surface area contributed by atoms with Crippen molar-refractivity contribution in [1.82, 2.24) is 15.0 Å². The lowest BCUT2D eigenvalue weighted by Crippen LogP contribution is -2.20. The Morgan fingerprint density at radius 2 is 1.64 bits per heavy atom. The van der Waals surface area contributed by atoms with E-state index < -0.39 is 0 Å². The van der Waals surface area contributed by atoms with Gasteiger partial charge in [0.2, 0.25) is 0 Å². The molecule has 0 aliphatic rings. The summed E-state index contributed by atoms with van der Waals surface area (Å²) in [6.45, 7) is 12.9. The number of hydrazone groups is 1. The van der Waals surface area contributed by atoms with Crippen LogP contribution in [0.25, 0.3) is 11.0 Å². The van der Waals surface area contributed by atoms with E-state index in [1.165, 1.54) is 11.8 Å². The van der Waals surface area contributed by atoms with Crippen molar-refractivity contribution < 1.29 is 9.90 Å². The predicted octanol–water partition coefficient (Wildman–Crippen LogP) is 7.28. The highest BCUT2D eigenvalue weighted by Gasteiger charge is 2.26. The third-order valence-corrected chi connectivity index (χ3v) is 7.73. The molecule has 1 aromatic heterocycles. The van der Waals surface area contributed by atoms with Crippen LogP contribution in [0.5, 0.6) is 5.75 Å². The van der Waals surface area contributed by atoms with Crippen molar-refractivity contribution in [2.24, 2.45) is 5.10 Å². The second kappa shape index (κ2) is 11.4. The van der Waals surface area contributed by atoms with E-state index in [2.05, 4.69) is 56.6 Å². The summed E-state index contributed by atoms with van der Waals surface area (Å²) in [7, 11) is 0. The molecular formula is C31H35ClN4O2S. The summed E-state index contributed by atoms with van der Waals surface area (Å²) in [5.41, 5.74) is 7.47. The Hall–Kier alpha value is -3.29.